The highest BCUT2D eigenvalue weighted by Gasteiger charge is 2.40. The predicted molar refractivity (Wildman–Crippen MR) is 61.7 cm³/mol. The third kappa shape index (κ3) is 2.70. The van der Waals surface area contributed by atoms with Crippen molar-refractivity contribution < 1.29 is 23.8 Å². The van der Waals surface area contributed by atoms with E-state index in [4.69, 9.17) is 0 Å². The van der Waals surface area contributed by atoms with E-state index in [-0.39, 0.29) is 18.5 Å². The molecule has 19 heavy (non-hydrogen) atoms. The lowest BCUT2D eigenvalue weighted by atomic mass is 10.2. The van der Waals surface area contributed by atoms with Crippen molar-refractivity contribution in [3.63, 3.8) is 0 Å². The molecule has 1 N–H and O–H groups in total. The number of hydrogen-bond acceptors (Lipinski definition) is 5. The van der Waals surface area contributed by atoms with Gasteiger partial charge in [0.15, 0.2) is 0 Å². The van der Waals surface area contributed by atoms with Gasteiger partial charge in [-0.05, 0) is 6.07 Å². The first-order valence-corrected chi connectivity index (χ1v) is 5.70. The van der Waals surface area contributed by atoms with Crippen LogP contribution in [-0.4, -0.2) is 52.7 Å². The maximum Gasteiger partial charge on any atom is 0.328 e. The number of methoxy groups -OCH3 is 1. The zero-order valence-electron chi connectivity index (χ0n) is 10.2. The van der Waals surface area contributed by atoms with E-state index in [1.165, 1.54) is 18.2 Å². The molecule has 6 nitrogen and oxygen atoms in total. The maximum absolute atomic E-state index is 13.0. The Hall–Kier alpha value is -2.02. The van der Waals surface area contributed by atoms with Gasteiger partial charge in [0, 0.05) is 19.2 Å². The molecular formula is C12H13FN2O4. The molecule has 1 fully saturated rings. The summed E-state index contributed by atoms with van der Waals surface area (Å²) in [5.74, 6) is -1.80. The molecule has 2 atom stereocenters. The Morgan fingerprint density at radius 2 is 2.26 bits per heavy atom. The fourth-order valence-corrected chi connectivity index (χ4v) is 2.09. The van der Waals surface area contributed by atoms with Gasteiger partial charge in [-0.2, -0.15) is 0 Å². The van der Waals surface area contributed by atoms with Gasteiger partial charge in [0.1, 0.15) is 11.9 Å². The van der Waals surface area contributed by atoms with Gasteiger partial charge in [0.25, 0.3) is 5.91 Å². The molecule has 0 spiro atoms. The smallest absolute Gasteiger partial charge is 0.328 e. The van der Waals surface area contributed by atoms with Gasteiger partial charge >= 0.3 is 5.97 Å². The van der Waals surface area contributed by atoms with Crippen molar-refractivity contribution >= 4 is 11.9 Å². The Morgan fingerprint density at radius 3 is 2.89 bits per heavy atom. The zero-order valence-corrected chi connectivity index (χ0v) is 10.2. The molecule has 1 aromatic heterocycles. The van der Waals surface area contributed by atoms with Crippen LogP contribution in [0.25, 0.3) is 0 Å². The van der Waals surface area contributed by atoms with E-state index in [1.807, 2.05) is 0 Å². The van der Waals surface area contributed by atoms with Crippen molar-refractivity contribution in [3.8, 4) is 0 Å². The van der Waals surface area contributed by atoms with Crippen molar-refractivity contribution in [2.24, 2.45) is 0 Å². The van der Waals surface area contributed by atoms with E-state index in [2.05, 4.69) is 9.72 Å². The number of likely N-dealkylation sites (tertiary alicyclic amines) is 1. The summed E-state index contributed by atoms with van der Waals surface area (Å²) in [4.78, 5) is 28.5. The summed E-state index contributed by atoms with van der Waals surface area (Å²) in [6, 6.07) is 0.185. The van der Waals surface area contributed by atoms with E-state index in [1.54, 1.807) is 0 Å². The van der Waals surface area contributed by atoms with Crippen LogP contribution < -0.4 is 0 Å². The Labute approximate surface area is 108 Å². The third-order valence-electron chi connectivity index (χ3n) is 2.96. The number of carbonyl (C=O) groups is 2. The van der Waals surface area contributed by atoms with E-state index in [0.717, 1.165) is 12.3 Å². The molecule has 1 aromatic rings. The molecule has 0 radical (unpaired) electrons. The second kappa shape index (κ2) is 5.31. The van der Waals surface area contributed by atoms with Crippen LogP contribution in [0.15, 0.2) is 18.5 Å². The highest BCUT2D eigenvalue weighted by Crippen LogP contribution is 2.21. The minimum Gasteiger partial charge on any atom is -0.467 e. The Bertz CT molecular complexity index is 508. The molecule has 1 saturated heterocycles. The van der Waals surface area contributed by atoms with Gasteiger partial charge in [-0.3, -0.25) is 9.78 Å². The normalized spacial score (nSPS) is 22.4. The van der Waals surface area contributed by atoms with Crippen molar-refractivity contribution in [1.29, 1.82) is 0 Å². The lowest BCUT2D eigenvalue weighted by molar-refractivity contribution is -0.145. The standard InChI is InChI=1S/C12H13FN2O4/c1-19-12(18)10-3-9(16)6-15(10)11(17)7-2-8(13)5-14-4-7/h2,4-5,9-10,16H,3,6H2,1H3. The molecule has 1 aliphatic rings. The highest BCUT2D eigenvalue weighted by atomic mass is 19.1. The number of pyridine rings is 1. The van der Waals surface area contributed by atoms with Crippen molar-refractivity contribution in [2.75, 3.05) is 13.7 Å². The van der Waals surface area contributed by atoms with E-state index in [9.17, 15) is 19.1 Å². The maximum atomic E-state index is 13.0. The Morgan fingerprint density at radius 1 is 1.53 bits per heavy atom. The summed E-state index contributed by atoms with van der Waals surface area (Å²) in [5.41, 5.74) is 0.0306. The Kier molecular flexibility index (Phi) is 3.75. The number of amides is 1. The van der Waals surface area contributed by atoms with Crippen LogP contribution in [0.4, 0.5) is 4.39 Å². The monoisotopic (exact) mass is 268 g/mol. The molecule has 1 aliphatic heterocycles. The number of hydrogen-bond donors (Lipinski definition) is 1. The van der Waals surface area contributed by atoms with Crippen LogP contribution in [0.5, 0.6) is 0 Å². The van der Waals surface area contributed by atoms with Gasteiger partial charge in [-0.15, -0.1) is 0 Å². The van der Waals surface area contributed by atoms with Crippen LogP contribution in [0, 0.1) is 5.82 Å². The number of ether oxygens (including phenoxy) is 1. The van der Waals surface area contributed by atoms with Gasteiger partial charge in [-0.1, -0.05) is 0 Å². The van der Waals surface area contributed by atoms with Gasteiger partial charge in [0.2, 0.25) is 0 Å². The fraction of sp³-hybridized carbons (Fsp3) is 0.417. The van der Waals surface area contributed by atoms with Crippen molar-refractivity contribution in [3.05, 3.63) is 29.8 Å². The minimum atomic E-state index is -0.851. The van der Waals surface area contributed by atoms with Gasteiger partial charge in [0.05, 0.1) is 25.0 Å². The van der Waals surface area contributed by atoms with E-state index >= 15 is 0 Å². The third-order valence-corrected chi connectivity index (χ3v) is 2.96. The number of halogens is 1. The van der Waals surface area contributed by atoms with Crippen LogP contribution in [0.3, 0.4) is 0 Å². The minimum absolute atomic E-state index is 0.00904. The largest absolute Gasteiger partial charge is 0.467 e. The molecule has 0 bridgehead atoms. The molecule has 0 aliphatic carbocycles. The molecule has 7 heteroatoms. The van der Waals surface area contributed by atoms with Gasteiger partial charge < -0.3 is 14.7 Å². The van der Waals surface area contributed by atoms with Crippen molar-refractivity contribution in [1.82, 2.24) is 9.88 Å². The molecule has 2 unspecified atom stereocenters. The summed E-state index contributed by atoms with van der Waals surface area (Å²) in [6.07, 6.45) is 1.51. The quantitative estimate of drug-likeness (QED) is 0.762. The number of rotatable bonds is 2. The number of aliphatic hydroxyl groups is 1. The summed E-state index contributed by atoms with van der Waals surface area (Å²) in [5, 5.41) is 9.57. The molecule has 2 rings (SSSR count). The first kappa shape index (κ1) is 13.4. The predicted octanol–water partition coefficient (Wildman–Crippen LogP) is -0.0309. The number of β-amino-alcohol motifs (C(OH)–C–C–N with tert-alkyl or cyclic N) is 1. The topological polar surface area (TPSA) is 79.7 Å². The molecule has 0 aromatic carbocycles. The van der Waals surface area contributed by atoms with Crippen LogP contribution in [0.2, 0.25) is 0 Å². The lowest BCUT2D eigenvalue weighted by Crippen LogP contribution is -2.41. The molecule has 1 amide bonds. The number of esters is 1. The first-order valence-electron chi connectivity index (χ1n) is 5.70. The number of nitrogens with zero attached hydrogens (tertiary/aromatic N) is 2. The average molecular weight is 268 g/mol. The molecule has 0 saturated carbocycles. The fourth-order valence-electron chi connectivity index (χ4n) is 2.09. The highest BCUT2D eigenvalue weighted by molar-refractivity contribution is 5.97. The van der Waals surface area contributed by atoms with E-state index < -0.39 is 29.8 Å². The zero-order chi connectivity index (χ0) is 14.0. The summed E-state index contributed by atoms with van der Waals surface area (Å²) >= 11 is 0. The number of carbonyl (C=O) groups excluding carboxylic acids is 2. The number of aromatic nitrogens is 1. The van der Waals surface area contributed by atoms with Gasteiger partial charge in [-0.25, -0.2) is 9.18 Å². The summed E-state index contributed by atoms with van der Waals surface area (Å²) in [6.45, 7) is 0.00904. The summed E-state index contributed by atoms with van der Waals surface area (Å²) < 4.78 is 17.6. The van der Waals surface area contributed by atoms with Crippen LogP contribution >= 0.6 is 0 Å². The Balaban J connectivity index is 2.24. The van der Waals surface area contributed by atoms with E-state index in [0.29, 0.717) is 0 Å². The molecule has 2 heterocycles. The average Bonchev–Trinajstić information content (AvgIpc) is 2.79. The number of aliphatic hydroxyl groups excluding tert-OH is 1. The van der Waals surface area contributed by atoms with Crippen LogP contribution in [0.1, 0.15) is 16.8 Å². The second-order valence-electron chi connectivity index (χ2n) is 4.28. The molecule has 102 valence electrons. The molecular weight excluding hydrogens is 255 g/mol. The SMILES string of the molecule is COC(=O)C1CC(O)CN1C(=O)c1cncc(F)c1. The van der Waals surface area contributed by atoms with Crippen LogP contribution in [-0.2, 0) is 9.53 Å². The first-order chi connectivity index (χ1) is 9.02. The lowest BCUT2D eigenvalue weighted by Gasteiger charge is -2.22. The summed E-state index contributed by atoms with van der Waals surface area (Å²) in [7, 11) is 1.21. The second-order valence-corrected chi connectivity index (χ2v) is 4.28. The van der Waals surface area contributed by atoms with Crippen molar-refractivity contribution in [2.45, 2.75) is 18.6 Å².